The third-order valence-electron chi connectivity index (χ3n) is 3.36. The van der Waals surface area contributed by atoms with Crippen LogP contribution in [0.25, 0.3) is 0 Å². The lowest BCUT2D eigenvalue weighted by atomic mass is 10.1. The summed E-state index contributed by atoms with van der Waals surface area (Å²) in [6.45, 7) is 7.33. The number of H-pyrrole nitrogens is 1. The molecule has 0 aliphatic rings. The molecular formula is C13H22N6. The van der Waals surface area contributed by atoms with Crippen LogP contribution in [-0.2, 0) is 6.42 Å². The van der Waals surface area contributed by atoms with Gasteiger partial charge in [-0.1, -0.05) is 13.8 Å². The molecule has 2 rings (SSSR count). The fourth-order valence-electron chi connectivity index (χ4n) is 2.03. The van der Waals surface area contributed by atoms with Gasteiger partial charge >= 0.3 is 0 Å². The standard InChI is InChI=1S/C13H22N6/c1-4-10(3)19-7-6-11(17-19)8-12(14-5-2)13-9-15-18-16-13/h6-7,9-10,12,14H,4-5,8H2,1-3H3,(H,15,16,18). The van der Waals surface area contributed by atoms with Crippen LogP contribution in [0.5, 0.6) is 0 Å². The molecule has 0 amide bonds. The summed E-state index contributed by atoms with van der Waals surface area (Å²) in [6.07, 6.45) is 5.72. The van der Waals surface area contributed by atoms with E-state index in [1.807, 2.05) is 4.68 Å². The second kappa shape index (κ2) is 6.47. The topological polar surface area (TPSA) is 71.4 Å². The molecule has 19 heavy (non-hydrogen) atoms. The average Bonchev–Trinajstić information content (AvgIpc) is 3.08. The Morgan fingerprint density at radius 3 is 2.89 bits per heavy atom. The Kier molecular flexibility index (Phi) is 4.68. The van der Waals surface area contributed by atoms with Crippen molar-refractivity contribution in [3.63, 3.8) is 0 Å². The van der Waals surface area contributed by atoms with E-state index >= 15 is 0 Å². The van der Waals surface area contributed by atoms with Crippen LogP contribution in [0.4, 0.5) is 0 Å². The minimum absolute atomic E-state index is 0.157. The number of aromatic nitrogens is 5. The van der Waals surface area contributed by atoms with Crippen molar-refractivity contribution in [1.29, 1.82) is 0 Å². The van der Waals surface area contributed by atoms with Gasteiger partial charge in [-0.15, -0.1) is 0 Å². The Hall–Kier alpha value is -1.69. The predicted molar refractivity (Wildman–Crippen MR) is 73.7 cm³/mol. The predicted octanol–water partition coefficient (Wildman–Crippen LogP) is 1.87. The van der Waals surface area contributed by atoms with Crippen LogP contribution in [0.15, 0.2) is 18.5 Å². The van der Waals surface area contributed by atoms with E-state index in [1.54, 1.807) is 6.20 Å². The highest BCUT2D eigenvalue weighted by Crippen LogP contribution is 2.16. The van der Waals surface area contributed by atoms with E-state index in [9.17, 15) is 0 Å². The molecule has 0 aliphatic heterocycles. The molecule has 104 valence electrons. The number of hydrogen-bond donors (Lipinski definition) is 2. The number of aromatic amines is 1. The zero-order chi connectivity index (χ0) is 13.7. The van der Waals surface area contributed by atoms with Crippen LogP contribution in [-0.4, -0.2) is 31.7 Å². The van der Waals surface area contributed by atoms with Crippen LogP contribution in [0.1, 0.15) is 50.7 Å². The minimum atomic E-state index is 0.157. The summed E-state index contributed by atoms with van der Waals surface area (Å²) in [6, 6.07) is 2.68. The summed E-state index contributed by atoms with van der Waals surface area (Å²) in [5, 5.41) is 18.7. The normalized spacial score (nSPS) is 14.5. The Morgan fingerprint density at radius 2 is 2.26 bits per heavy atom. The third-order valence-corrected chi connectivity index (χ3v) is 3.36. The number of hydrogen-bond acceptors (Lipinski definition) is 4. The molecule has 0 spiro atoms. The van der Waals surface area contributed by atoms with Gasteiger partial charge in [0.25, 0.3) is 0 Å². The first-order chi connectivity index (χ1) is 9.24. The molecule has 2 unspecified atom stereocenters. The molecule has 6 nitrogen and oxygen atoms in total. The minimum Gasteiger partial charge on any atom is -0.308 e. The average molecular weight is 262 g/mol. The zero-order valence-electron chi connectivity index (χ0n) is 11.8. The van der Waals surface area contributed by atoms with Crippen LogP contribution in [0.3, 0.4) is 0 Å². The molecule has 0 saturated carbocycles. The maximum absolute atomic E-state index is 4.63. The Morgan fingerprint density at radius 1 is 1.42 bits per heavy atom. The summed E-state index contributed by atoms with van der Waals surface area (Å²) in [5.41, 5.74) is 2.01. The molecule has 2 heterocycles. The van der Waals surface area contributed by atoms with E-state index < -0.39 is 0 Å². The fraction of sp³-hybridized carbons (Fsp3) is 0.615. The lowest BCUT2D eigenvalue weighted by Gasteiger charge is -2.14. The van der Waals surface area contributed by atoms with Crippen molar-refractivity contribution >= 4 is 0 Å². The molecule has 0 fully saturated rings. The second-order valence-electron chi connectivity index (χ2n) is 4.75. The maximum atomic E-state index is 4.63. The molecule has 2 aromatic heterocycles. The van der Waals surface area contributed by atoms with Crippen molar-refractivity contribution in [2.45, 2.75) is 45.7 Å². The van der Waals surface area contributed by atoms with Crippen molar-refractivity contribution < 1.29 is 0 Å². The van der Waals surface area contributed by atoms with Crippen molar-refractivity contribution in [3.05, 3.63) is 29.8 Å². The molecule has 0 radical (unpaired) electrons. The first kappa shape index (κ1) is 13.7. The largest absolute Gasteiger partial charge is 0.308 e. The van der Waals surface area contributed by atoms with Crippen LogP contribution >= 0.6 is 0 Å². The van der Waals surface area contributed by atoms with Gasteiger partial charge < -0.3 is 5.32 Å². The van der Waals surface area contributed by atoms with E-state index in [-0.39, 0.29) is 6.04 Å². The van der Waals surface area contributed by atoms with E-state index in [2.05, 4.69) is 58.9 Å². The molecule has 0 aromatic carbocycles. The van der Waals surface area contributed by atoms with Gasteiger partial charge in [0.05, 0.1) is 23.6 Å². The highest BCUT2D eigenvalue weighted by molar-refractivity contribution is 5.08. The summed E-state index contributed by atoms with van der Waals surface area (Å²) in [5.74, 6) is 0. The van der Waals surface area contributed by atoms with E-state index in [1.165, 1.54) is 0 Å². The van der Waals surface area contributed by atoms with E-state index in [4.69, 9.17) is 0 Å². The van der Waals surface area contributed by atoms with Gasteiger partial charge in [-0.25, -0.2) is 0 Å². The van der Waals surface area contributed by atoms with Gasteiger partial charge in [-0.05, 0) is 26.0 Å². The van der Waals surface area contributed by atoms with Crippen molar-refractivity contribution in [2.24, 2.45) is 0 Å². The van der Waals surface area contributed by atoms with Crippen molar-refractivity contribution in [3.8, 4) is 0 Å². The zero-order valence-corrected chi connectivity index (χ0v) is 11.8. The molecule has 2 atom stereocenters. The van der Waals surface area contributed by atoms with Gasteiger partial charge in [0.2, 0.25) is 0 Å². The van der Waals surface area contributed by atoms with Gasteiger partial charge in [0.1, 0.15) is 0 Å². The smallest absolute Gasteiger partial charge is 0.0997 e. The first-order valence-electron chi connectivity index (χ1n) is 6.87. The molecule has 0 saturated heterocycles. The number of nitrogens with zero attached hydrogens (tertiary/aromatic N) is 4. The van der Waals surface area contributed by atoms with Crippen molar-refractivity contribution in [1.82, 2.24) is 30.5 Å². The molecule has 2 N–H and O–H groups in total. The SMILES string of the molecule is CCNC(Cc1ccn(C(C)CC)n1)c1cn[nH]n1. The Bertz CT molecular complexity index is 475. The lowest BCUT2D eigenvalue weighted by molar-refractivity contribution is 0.465. The van der Waals surface area contributed by atoms with Crippen LogP contribution in [0, 0.1) is 0 Å². The van der Waals surface area contributed by atoms with Gasteiger partial charge in [0.15, 0.2) is 0 Å². The van der Waals surface area contributed by atoms with E-state index in [0.717, 1.165) is 30.8 Å². The highest BCUT2D eigenvalue weighted by atomic mass is 15.3. The van der Waals surface area contributed by atoms with Crippen molar-refractivity contribution in [2.75, 3.05) is 6.54 Å². The van der Waals surface area contributed by atoms with Gasteiger partial charge in [-0.2, -0.15) is 20.5 Å². The highest BCUT2D eigenvalue weighted by Gasteiger charge is 2.15. The molecular weight excluding hydrogens is 240 g/mol. The second-order valence-corrected chi connectivity index (χ2v) is 4.75. The number of nitrogens with one attached hydrogen (secondary N) is 2. The molecule has 6 heteroatoms. The molecule has 0 aliphatic carbocycles. The lowest BCUT2D eigenvalue weighted by Crippen LogP contribution is -2.23. The van der Waals surface area contributed by atoms with Gasteiger partial charge in [-0.3, -0.25) is 4.68 Å². The summed E-state index contributed by atoms with van der Waals surface area (Å²) < 4.78 is 2.03. The van der Waals surface area contributed by atoms with E-state index in [0.29, 0.717) is 6.04 Å². The summed E-state index contributed by atoms with van der Waals surface area (Å²) in [7, 11) is 0. The maximum Gasteiger partial charge on any atom is 0.0997 e. The van der Waals surface area contributed by atoms with Crippen LogP contribution in [0.2, 0.25) is 0 Å². The number of rotatable bonds is 7. The third kappa shape index (κ3) is 3.41. The summed E-state index contributed by atoms with van der Waals surface area (Å²) in [4.78, 5) is 0. The quantitative estimate of drug-likeness (QED) is 0.799. The Labute approximate surface area is 113 Å². The first-order valence-corrected chi connectivity index (χ1v) is 6.87. The molecule has 2 aromatic rings. The monoisotopic (exact) mass is 262 g/mol. The number of likely N-dealkylation sites (N-methyl/N-ethyl adjacent to an activating group) is 1. The Balaban J connectivity index is 2.07. The molecule has 0 bridgehead atoms. The van der Waals surface area contributed by atoms with Crippen LogP contribution < -0.4 is 5.32 Å². The fourth-order valence-corrected chi connectivity index (χ4v) is 2.03. The summed E-state index contributed by atoms with van der Waals surface area (Å²) >= 11 is 0. The van der Waals surface area contributed by atoms with Gasteiger partial charge in [0, 0.05) is 18.7 Å².